The molecule has 1 atom stereocenters. The number of hydrogen-bond acceptors (Lipinski definition) is 5. The first kappa shape index (κ1) is 17.3. The minimum Gasteiger partial charge on any atom is -0.456 e. The minimum absolute atomic E-state index is 0.0449. The summed E-state index contributed by atoms with van der Waals surface area (Å²) in [5, 5.41) is 4.24. The summed E-state index contributed by atoms with van der Waals surface area (Å²) in [5.74, 6) is -0.716. The van der Waals surface area contributed by atoms with Gasteiger partial charge >= 0.3 is 5.97 Å². The van der Waals surface area contributed by atoms with Gasteiger partial charge in [0.05, 0.1) is 6.04 Å². The van der Waals surface area contributed by atoms with E-state index in [0.717, 1.165) is 10.5 Å². The Balaban J connectivity index is 1.69. The van der Waals surface area contributed by atoms with Crippen LogP contribution in [-0.2, 0) is 25.7 Å². The van der Waals surface area contributed by atoms with Gasteiger partial charge in [-0.1, -0.05) is 42.1 Å². The van der Waals surface area contributed by atoms with Crippen LogP contribution in [0.15, 0.2) is 52.5 Å². The highest BCUT2D eigenvalue weighted by molar-refractivity contribution is 8.05. The van der Waals surface area contributed by atoms with Crippen LogP contribution in [0, 0.1) is 0 Å². The number of amides is 2. The lowest BCUT2D eigenvalue weighted by Crippen LogP contribution is -2.49. The number of ether oxygens (including phenoxy) is 1. The van der Waals surface area contributed by atoms with E-state index in [1.165, 1.54) is 29.8 Å². The van der Waals surface area contributed by atoms with Crippen LogP contribution in [0.4, 0.5) is 0 Å². The van der Waals surface area contributed by atoms with Crippen molar-refractivity contribution in [1.29, 1.82) is 0 Å². The predicted octanol–water partition coefficient (Wildman–Crippen LogP) is 2.29. The van der Waals surface area contributed by atoms with Crippen molar-refractivity contribution in [1.82, 2.24) is 10.2 Å². The summed E-state index contributed by atoms with van der Waals surface area (Å²) in [5.41, 5.74) is 1.22. The molecular formula is C18H18N2O4S. The van der Waals surface area contributed by atoms with Crippen molar-refractivity contribution in [2.75, 3.05) is 0 Å². The quantitative estimate of drug-likeness (QED) is 0.624. The molecule has 7 heteroatoms. The van der Waals surface area contributed by atoms with Crippen molar-refractivity contribution in [3.05, 3.63) is 58.1 Å². The third-order valence-electron chi connectivity index (χ3n) is 3.94. The summed E-state index contributed by atoms with van der Waals surface area (Å²) in [7, 11) is 0. The fourth-order valence-electron chi connectivity index (χ4n) is 2.77. The second kappa shape index (κ2) is 7.57. The molecule has 2 aliphatic rings. The molecule has 0 bridgehead atoms. The molecule has 0 spiro atoms. The van der Waals surface area contributed by atoms with Crippen molar-refractivity contribution in [2.45, 2.75) is 32.4 Å². The number of hydrogen-bond donors (Lipinski definition) is 1. The number of fused-ring (bicyclic) bond motifs is 1. The molecule has 3 rings (SSSR count). The number of β-lactam (4-membered cyclic amide) rings is 1. The lowest BCUT2D eigenvalue weighted by molar-refractivity contribution is -0.150. The van der Waals surface area contributed by atoms with Crippen LogP contribution < -0.4 is 5.32 Å². The van der Waals surface area contributed by atoms with E-state index in [0.29, 0.717) is 18.5 Å². The number of rotatable bonds is 6. The Morgan fingerprint density at radius 3 is 2.76 bits per heavy atom. The van der Waals surface area contributed by atoms with E-state index >= 15 is 0 Å². The zero-order valence-electron chi connectivity index (χ0n) is 13.7. The highest BCUT2D eigenvalue weighted by Gasteiger charge is 2.47. The summed E-state index contributed by atoms with van der Waals surface area (Å²) >= 11 is 1.32. The molecule has 0 aliphatic carbocycles. The average molecular weight is 358 g/mol. The SMILES string of the molecule is CC(=O)NC=CSC1=C(C(=O)OCc2ccccc2)N2C(=O)CC2C1. The van der Waals surface area contributed by atoms with E-state index in [1.807, 2.05) is 30.3 Å². The molecule has 1 aromatic rings. The third kappa shape index (κ3) is 3.93. The van der Waals surface area contributed by atoms with Gasteiger partial charge in [0.1, 0.15) is 12.3 Å². The topological polar surface area (TPSA) is 75.7 Å². The molecule has 2 heterocycles. The fourth-order valence-corrected chi connectivity index (χ4v) is 3.66. The summed E-state index contributed by atoms with van der Waals surface area (Å²) in [6, 6.07) is 9.44. The van der Waals surface area contributed by atoms with Crippen LogP contribution in [-0.4, -0.2) is 28.7 Å². The van der Waals surface area contributed by atoms with Gasteiger partial charge in [-0.2, -0.15) is 0 Å². The van der Waals surface area contributed by atoms with Crippen LogP contribution >= 0.6 is 11.8 Å². The number of carbonyl (C=O) groups is 3. The smallest absolute Gasteiger partial charge is 0.356 e. The molecule has 0 saturated carbocycles. The number of nitrogens with zero attached hydrogens (tertiary/aromatic N) is 1. The Morgan fingerprint density at radius 2 is 2.08 bits per heavy atom. The van der Waals surface area contributed by atoms with Crippen LogP contribution in [0.25, 0.3) is 0 Å². The number of carbonyl (C=O) groups excluding carboxylic acids is 3. The van der Waals surface area contributed by atoms with Gasteiger partial charge in [0.15, 0.2) is 0 Å². The summed E-state index contributed by atoms with van der Waals surface area (Å²) in [6.07, 6.45) is 2.61. The zero-order chi connectivity index (χ0) is 17.8. The fraction of sp³-hybridized carbons (Fsp3) is 0.278. The molecule has 1 N–H and O–H groups in total. The minimum atomic E-state index is -0.491. The highest BCUT2D eigenvalue weighted by atomic mass is 32.2. The van der Waals surface area contributed by atoms with Crippen molar-refractivity contribution in [3.8, 4) is 0 Å². The van der Waals surface area contributed by atoms with E-state index in [1.54, 1.807) is 5.41 Å². The molecule has 1 aromatic carbocycles. The molecule has 6 nitrogen and oxygen atoms in total. The number of esters is 1. The summed E-state index contributed by atoms with van der Waals surface area (Å²) < 4.78 is 5.39. The molecule has 2 aliphatic heterocycles. The largest absolute Gasteiger partial charge is 0.456 e. The molecule has 1 unspecified atom stereocenters. The highest BCUT2D eigenvalue weighted by Crippen LogP contribution is 2.43. The second-order valence-electron chi connectivity index (χ2n) is 5.78. The van der Waals surface area contributed by atoms with Gasteiger partial charge in [-0.3, -0.25) is 9.59 Å². The van der Waals surface area contributed by atoms with Crippen LogP contribution in [0.2, 0.25) is 0 Å². The van der Waals surface area contributed by atoms with E-state index in [4.69, 9.17) is 4.74 Å². The van der Waals surface area contributed by atoms with E-state index in [-0.39, 0.29) is 24.5 Å². The lowest BCUT2D eigenvalue weighted by atomic mass is 10.0. The molecule has 2 amide bonds. The van der Waals surface area contributed by atoms with Crippen LogP contribution in [0.1, 0.15) is 25.3 Å². The van der Waals surface area contributed by atoms with Crippen molar-refractivity contribution < 1.29 is 19.1 Å². The molecule has 1 saturated heterocycles. The van der Waals surface area contributed by atoms with Gasteiger partial charge < -0.3 is 15.0 Å². The lowest BCUT2D eigenvalue weighted by Gasteiger charge is -2.35. The van der Waals surface area contributed by atoms with Crippen molar-refractivity contribution in [2.24, 2.45) is 0 Å². The summed E-state index contributed by atoms with van der Waals surface area (Å²) in [6.45, 7) is 1.58. The Bertz CT molecular complexity index is 758. The van der Waals surface area contributed by atoms with Crippen molar-refractivity contribution in [3.63, 3.8) is 0 Å². The third-order valence-corrected chi connectivity index (χ3v) is 4.86. The standard InChI is InChI=1S/C18H18N2O4S/c1-12(21)19-7-8-25-15-9-14-10-16(22)20(14)17(15)18(23)24-11-13-5-3-2-4-6-13/h2-8,14H,9-11H2,1H3,(H,19,21). The van der Waals surface area contributed by atoms with Gasteiger partial charge in [-0.05, 0) is 11.0 Å². The Morgan fingerprint density at radius 1 is 1.32 bits per heavy atom. The zero-order valence-corrected chi connectivity index (χ0v) is 14.5. The monoisotopic (exact) mass is 358 g/mol. The number of thioether (sulfide) groups is 1. The van der Waals surface area contributed by atoms with Gasteiger partial charge in [0, 0.05) is 30.9 Å². The van der Waals surface area contributed by atoms with Gasteiger partial charge in [0.2, 0.25) is 11.8 Å². The maximum absolute atomic E-state index is 12.5. The van der Waals surface area contributed by atoms with E-state index < -0.39 is 5.97 Å². The molecule has 0 radical (unpaired) electrons. The van der Waals surface area contributed by atoms with Crippen molar-refractivity contribution >= 4 is 29.5 Å². The van der Waals surface area contributed by atoms with Gasteiger partial charge in [-0.25, -0.2) is 4.79 Å². The van der Waals surface area contributed by atoms with Crippen LogP contribution in [0.5, 0.6) is 0 Å². The van der Waals surface area contributed by atoms with Crippen LogP contribution in [0.3, 0.4) is 0 Å². The first-order chi connectivity index (χ1) is 12.1. The first-order valence-electron chi connectivity index (χ1n) is 7.91. The molecule has 1 fully saturated rings. The normalized spacial score (nSPS) is 19.0. The number of nitrogens with one attached hydrogen (secondary N) is 1. The predicted molar refractivity (Wildman–Crippen MR) is 93.7 cm³/mol. The molecule has 25 heavy (non-hydrogen) atoms. The second-order valence-corrected chi connectivity index (χ2v) is 6.78. The maximum atomic E-state index is 12.5. The molecular weight excluding hydrogens is 340 g/mol. The van der Waals surface area contributed by atoms with Gasteiger partial charge in [0.25, 0.3) is 0 Å². The number of benzene rings is 1. The van der Waals surface area contributed by atoms with E-state index in [2.05, 4.69) is 5.32 Å². The summed E-state index contributed by atoms with van der Waals surface area (Å²) in [4.78, 5) is 37.6. The molecule has 130 valence electrons. The maximum Gasteiger partial charge on any atom is 0.356 e. The Labute approximate surface area is 149 Å². The van der Waals surface area contributed by atoms with E-state index in [9.17, 15) is 14.4 Å². The average Bonchev–Trinajstić information content (AvgIpc) is 2.89. The molecule has 0 aromatic heterocycles. The Hall–Kier alpha value is -2.54. The Kier molecular flexibility index (Phi) is 5.23. The van der Waals surface area contributed by atoms with Gasteiger partial charge in [-0.15, -0.1) is 0 Å². The first-order valence-corrected chi connectivity index (χ1v) is 8.79.